The zero-order chi connectivity index (χ0) is 29.4. The minimum Gasteiger partial charge on any atom is -0.465 e. The van der Waals surface area contributed by atoms with Gasteiger partial charge in [0.25, 0.3) is 0 Å². The Bertz CT molecular complexity index is 1350. The molecule has 0 bridgehead atoms. The summed E-state index contributed by atoms with van der Waals surface area (Å²) in [5.41, 5.74) is 3.18. The van der Waals surface area contributed by atoms with Crippen LogP contribution in [0.4, 0.5) is 21.1 Å². The van der Waals surface area contributed by atoms with E-state index < -0.39 is 24.0 Å². The average molecular weight is 570 g/mol. The molecular formula is C31H35N7O4. The van der Waals surface area contributed by atoms with E-state index in [9.17, 15) is 19.8 Å². The Balaban J connectivity index is 1.46. The van der Waals surface area contributed by atoms with Gasteiger partial charge in [-0.15, -0.1) is 0 Å². The number of amides is 2. The van der Waals surface area contributed by atoms with Crippen molar-refractivity contribution in [1.82, 2.24) is 25.7 Å². The van der Waals surface area contributed by atoms with Crippen LogP contribution < -0.4 is 26.2 Å². The van der Waals surface area contributed by atoms with Gasteiger partial charge < -0.3 is 20.4 Å². The third-order valence-electron chi connectivity index (χ3n) is 7.39. The Labute approximate surface area is 244 Å². The molecule has 1 aliphatic rings. The normalized spacial score (nSPS) is 12.7. The van der Waals surface area contributed by atoms with Crippen LogP contribution in [-0.4, -0.2) is 58.1 Å². The lowest BCUT2D eigenvalue weighted by molar-refractivity contribution is 0.175. The molecule has 2 amide bonds. The zero-order valence-corrected chi connectivity index (χ0v) is 23.1. The van der Waals surface area contributed by atoms with Gasteiger partial charge in [0.05, 0.1) is 11.7 Å². The van der Waals surface area contributed by atoms with Crippen molar-refractivity contribution < 1.29 is 19.8 Å². The molecule has 0 aliphatic carbocycles. The minimum atomic E-state index is -1.35. The summed E-state index contributed by atoms with van der Waals surface area (Å²) >= 11 is 0. The number of hydrogen-bond donors (Lipinski definition) is 6. The van der Waals surface area contributed by atoms with Gasteiger partial charge in [-0.2, -0.15) is 5.10 Å². The van der Waals surface area contributed by atoms with Crippen molar-refractivity contribution in [2.45, 2.75) is 31.2 Å². The molecule has 11 heteroatoms. The Kier molecular flexibility index (Phi) is 8.88. The van der Waals surface area contributed by atoms with Gasteiger partial charge in [0.1, 0.15) is 11.5 Å². The number of carboxylic acid groups (broad SMARTS) is 2. The van der Waals surface area contributed by atoms with Crippen LogP contribution in [0.2, 0.25) is 0 Å². The number of carbonyl (C=O) groups is 2. The SMILES string of the molecule is O=C(O)NC(NC(=O)O)N(CCCNC(c1ccccc1)(c1ccccc1)c1ccccc1)c1cnn2c1NCCC2. The molecule has 2 heterocycles. The first-order valence-corrected chi connectivity index (χ1v) is 14.0. The van der Waals surface area contributed by atoms with E-state index in [1.54, 1.807) is 11.1 Å². The molecule has 0 atom stereocenters. The Morgan fingerprint density at radius 2 is 1.40 bits per heavy atom. The molecular weight excluding hydrogens is 534 g/mol. The van der Waals surface area contributed by atoms with Crippen molar-refractivity contribution in [1.29, 1.82) is 0 Å². The third-order valence-corrected chi connectivity index (χ3v) is 7.39. The highest BCUT2D eigenvalue weighted by atomic mass is 16.4. The number of rotatable bonds is 12. The number of hydrogen-bond acceptors (Lipinski definition) is 6. The molecule has 218 valence electrons. The fraction of sp³-hybridized carbons (Fsp3) is 0.258. The molecule has 0 unspecified atom stereocenters. The van der Waals surface area contributed by atoms with Crippen LogP contribution >= 0.6 is 0 Å². The number of aromatic nitrogens is 2. The molecule has 1 aliphatic heterocycles. The number of nitrogens with one attached hydrogen (secondary N) is 4. The second-order valence-corrected chi connectivity index (χ2v) is 10.0. The van der Waals surface area contributed by atoms with E-state index in [-0.39, 0.29) is 0 Å². The summed E-state index contributed by atoms with van der Waals surface area (Å²) in [5, 5.41) is 35.3. The van der Waals surface area contributed by atoms with Gasteiger partial charge in [-0.25, -0.2) is 14.3 Å². The highest BCUT2D eigenvalue weighted by Gasteiger charge is 2.36. The molecule has 6 N–H and O–H groups in total. The smallest absolute Gasteiger partial charge is 0.407 e. The van der Waals surface area contributed by atoms with Crippen LogP contribution in [0, 0.1) is 0 Å². The van der Waals surface area contributed by atoms with Crippen LogP contribution in [0.25, 0.3) is 0 Å². The highest BCUT2D eigenvalue weighted by Crippen LogP contribution is 2.37. The molecule has 42 heavy (non-hydrogen) atoms. The van der Waals surface area contributed by atoms with Crippen molar-refractivity contribution in [2.75, 3.05) is 29.9 Å². The maximum Gasteiger partial charge on any atom is 0.407 e. The zero-order valence-electron chi connectivity index (χ0n) is 23.1. The predicted octanol–water partition coefficient (Wildman–Crippen LogP) is 4.30. The van der Waals surface area contributed by atoms with E-state index in [0.29, 0.717) is 25.2 Å². The summed E-state index contributed by atoms with van der Waals surface area (Å²) in [7, 11) is 0. The maximum atomic E-state index is 11.7. The van der Waals surface area contributed by atoms with Crippen molar-refractivity contribution in [3.63, 3.8) is 0 Å². The van der Waals surface area contributed by atoms with E-state index in [0.717, 1.165) is 42.0 Å². The first kappa shape index (κ1) is 28.5. The number of benzene rings is 3. The van der Waals surface area contributed by atoms with Crippen molar-refractivity contribution in [2.24, 2.45) is 0 Å². The monoisotopic (exact) mass is 569 g/mol. The summed E-state index contributed by atoms with van der Waals surface area (Å²) in [4.78, 5) is 25.0. The van der Waals surface area contributed by atoms with Crippen molar-refractivity contribution in [3.8, 4) is 0 Å². The number of nitrogens with zero attached hydrogens (tertiary/aromatic N) is 3. The van der Waals surface area contributed by atoms with E-state index in [1.807, 2.05) is 59.3 Å². The molecule has 0 saturated carbocycles. The number of fused-ring (bicyclic) bond motifs is 1. The second-order valence-electron chi connectivity index (χ2n) is 10.0. The van der Waals surface area contributed by atoms with Gasteiger partial charge in [-0.3, -0.25) is 16.0 Å². The van der Waals surface area contributed by atoms with Crippen LogP contribution in [0.15, 0.2) is 97.2 Å². The summed E-state index contributed by atoms with van der Waals surface area (Å²) in [6.45, 7) is 2.31. The van der Waals surface area contributed by atoms with Gasteiger partial charge >= 0.3 is 12.2 Å². The standard InChI is InChI=1S/C31H35N7O4/c39-29(40)35-28(36-30(41)42)37(26-22-34-38-21-10-18-32-27(26)38)20-11-19-33-31(23-12-4-1-5-13-23,24-14-6-2-7-15-24)25-16-8-3-9-17-25/h1-9,12-17,22,28,32-33,35-36H,10-11,18-21H2,(H,39,40)(H,41,42). The Morgan fingerprint density at radius 3 is 1.90 bits per heavy atom. The Hall–Kier alpha value is -5.03. The topological polar surface area (TPSA) is 144 Å². The fourth-order valence-electron chi connectivity index (χ4n) is 5.58. The first-order chi connectivity index (χ1) is 20.5. The van der Waals surface area contributed by atoms with E-state index in [1.165, 1.54) is 0 Å². The summed E-state index contributed by atoms with van der Waals surface area (Å²) in [6.07, 6.45) is -0.812. The molecule has 1 aromatic heterocycles. The lowest BCUT2D eigenvalue weighted by atomic mass is 9.77. The van der Waals surface area contributed by atoms with Crippen LogP contribution in [0.3, 0.4) is 0 Å². The molecule has 11 nitrogen and oxygen atoms in total. The lowest BCUT2D eigenvalue weighted by Crippen LogP contribution is -2.58. The molecule has 4 aromatic rings. The van der Waals surface area contributed by atoms with Gasteiger partial charge in [0, 0.05) is 19.6 Å². The summed E-state index contributed by atoms with van der Waals surface area (Å²) in [5.74, 6) is 0.728. The Morgan fingerprint density at radius 1 is 0.881 bits per heavy atom. The molecule has 3 aromatic carbocycles. The van der Waals surface area contributed by atoms with Gasteiger partial charge in [-0.1, -0.05) is 91.0 Å². The third kappa shape index (κ3) is 6.16. The lowest BCUT2D eigenvalue weighted by Gasteiger charge is -2.38. The largest absolute Gasteiger partial charge is 0.465 e. The van der Waals surface area contributed by atoms with E-state index in [2.05, 4.69) is 62.8 Å². The van der Waals surface area contributed by atoms with Crippen LogP contribution in [0.1, 0.15) is 29.5 Å². The van der Waals surface area contributed by atoms with Crippen LogP contribution in [-0.2, 0) is 12.1 Å². The van der Waals surface area contributed by atoms with Gasteiger partial charge in [-0.05, 0) is 36.1 Å². The molecule has 5 rings (SSSR count). The quantitative estimate of drug-likeness (QED) is 0.0842. The molecule has 0 radical (unpaired) electrons. The van der Waals surface area contributed by atoms with Crippen LogP contribution in [0.5, 0.6) is 0 Å². The maximum absolute atomic E-state index is 11.7. The van der Waals surface area contributed by atoms with E-state index >= 15 is 0 Å². The van der Waals surface area contributed by atoms with E-state index in [4.69, 9.17) is 0 Å². The van der Waals surface area contributed by atoms with Gasteiger partial charge in [0.15, 0.2) is 6.29 Å². The van der Waals surface area contributed by atoms with Crippen molar-refractivity contribution in [3.05, 3.63) is 114 Å². The summed E-state index contributed by atoms with van der Waals surface area (Å²) in [6, 6.07) is 30.7. The minimum absolute atomic E-state index is 0.326. The van der Waals surface area contributed by atoms with Crippen molar-refractivity contribution >= 4 is 23.7 Å². The second kappa shape index (κ2) is 13.1. The predicted molar refractivity (Wildman–Crippen MR) is 161 cm³/mol. The summed E-state index contributed by atoms with van der Waals surface area (Å²) < 4.78 is 1.81. The number of aryl methyl sites for hydroxylation is 1. The highest BCUT2D eigenvalue weighted by molar-refractivity contribution is 5.72. The number of anilines is 2. The molecule has 0 spiro atoms. The first-order valence-electron chi connectivity index (χ1n) is 14.0. The fourth-order valence-corrected chi connectivity index (χ4v) is 5.58. The average Bonchev–Trinajstić information content (AvgIpc) is 3.44. The van der Waals surface area contributed by atoms with Gasteiger partial charge in [0.2, 0.25) is 0 Å². The molecule has 0 saturated heterocycles. The molecule has 0 fully saturated rings.